The van der Waals surface area contributed by atoms with Crippen LogP contribution in [0, 0.1) is 25.6 Å². The van der Waals surface area contributed by atoms with E-state index in [2.05, 4.69) is 35.8 Å². The van der Waals surface area contributed by atoms with Crippen LogP contribution >= 0.6 is 24.8 Å². The molecule has 29 heavy (non-hydrogen) atoms. The number of benzene rings is 1. The number of aryl methyl sites for hydroxylation is 1. The predicted molar refractivity (Wildman–Crippen MR) is 122 cm³/mol. The molecule has 0 unspecified atom stereocenters. The molecular formula is C21H31Cl2FN4O. The van der Waals surface area contributed by atoms with Gasteiger partial charge in [-0.25, -0.2) is 9.07 Å². The fourth-order valence-corrected chi connectivity index (χ4v) is 3.57. The van der Waals surface area contributed by atoms with Crippen molar-refractivity contribution >= 4 is 30.5 Å². The van der Waals surface area contributed by atoms with Gasteiger partial charge in [0, 0.05) is 43.9 Å². The van der Waals surface area contributed by atoms with Gasteiger partial charge in [-0.1, -0.05) is 13.8 Å². The van der Waals surface area contributed by atoms with Gasteiger partial charge in [0.15, 0.2) is 0 Å². The zero-order valence-corrected chi connectivity index (χ0v) is 19.4. The molecule has 2 heterocycles. The van der Waals surface area contributed by atoms with Gasteiger partial charge in [-0.05, 0) is 50.6 Å². The first kappa shape index (κ1) is 25.4. The summed E-state index contributed by atoms with van der Waals surface area (Å²) in [6, 6.07) is 5.03. The zero-order valence-electron chi connectivity index (χ0n) is 17.7. The average Bonchev–Trinajstić information content (AvgIpc) is 2.61. The second kappa shape index (κ2) is 10.4. The third kappa shape index (κ3) is 5.50. The van der Waals surface area contributed by atoms with E-state index in [1.807, 2.05) is 13.0 Å². The minimum atomic E-state index is -0.230. The van der Waals surface area contributed by atoms with Crippen molar-refractivity contribution in [3.8, 4) is 11.3 Å². The molecule has 0 bridgehead atoms. The van der Waals surface area contributed by atoms with Gasteiger partial charge < -0.3 is 9.80 Å². The summed E-state index contributed by atoms with van der Waals surface area (Å²) in [5, 5.41) is 4.67. The number of halogens is 3. The Bertz CT molecular complexity index is 893. The first-order valence-electron chi connectivity index (χ1n) is 9.59. The highest BCUT2D eigenvalue weighted by Crippen LogP contribution is 2.28. The summed E-state index contributed by atoms with van der Waals surface area (Å²) in [5.41, 5.74) is 3.75. The van der Waals surface area contributed by atoms with E-state index in [1.165, 1.54) is 6.07 Å². The minimum Gasteiger partial charge on any atom is -0.364 e. The molecule has 0 saturated carbocycles. The second-order valence-electron chi connectivity index (χ2n) is 7.96. The molecule has 0 spiro atoms. The second-order valence-corrected chi connectivity index (χ2v) is 7.96. The Kier molecular flexibility index (Phi) is 9.12. The van der Waals surface area contributed by atoms with Crippen LogP contribution in [0.1, 0.15) is 25.0 Å². The van der Waals surface area contributed by atoms with Crippen LogP contribution in [0.25, 0.3) is 11.3 Å². The summed E-state index contributed by atoms with van der Waals surface area (Å²) in [4.78, 5) is 17.6. The van der Waals surface area contributed by atoms with E-state index in [4.69, 9.17) is 0 Å². The summed E-state index contributed by atoms with van der Waals surface area (Å²) in [6.45, 7) is 11.9. The number of hydrogen-bond donors (Lipinski definition) is 0. The Morgan fingerprint density at radius 3 is 2.28 bits per heavy atom. The molecule has 0 amide bonds. The van der Waals surface area contributed by atoms with Crippen LogP contribution in [-0.2, 0) is 6.54 Å². The average molecular weight is 445 g/mol. The minimum absolute atomic E-state index is 0. The van der Waals surface area contributed by atoms with Crippen molar-refractivity contribution in [2.75, 3.05) is 38.1 Å². The van der Waals surface area contributed by atoms with E-state index in [0.717, 1.165) is 48.7 Å². The molecule has 1 saturated heterocycles. The van der Waals surface area contributed by atoms with Gasteiger partial charge >= 0.3 is 0 Å². The molecule has 1 aliphatic rings. The van der Waals surface area contributed by atoms with Gasteiger partial charge in [0.05, 0.1) is 5.69 Å². The van der Waals surface area contributed by atoms with Crippen LogP contribution in [0.3, 0.4) is 0 Å². The molecule has 0 atom stereocenters. The Hall–Kier alpha value is -1.63. The topological polar surface area (TPSA) is 41.4 Å². The summed E-state index contributed by atoms with van der Waals surface area (Å²) in [5.74, 6) is 0.0762. The highest BCUT2D eigenvalue weighted by Gasteiger charge is 2.23. The Morgan fingerprint density at radius 2 is 1.72 bits per heavy atom. The van der Waals surface area contributed by atoms with E-state index >= 15 is 0 Å². The van der Waals surface area contributed by atoms with Gasteiger partial charge in [0.25, 0.3) is 5.56 Å². The van der Waals surface area contributed by atoms with Crippen molar-refractivity contribution in [2.24, 2.45) is 5.92 Å². The van der Waals surface area contributed by atoms with Gasteiger partial charge in [-0.2, -0.15) is 5.10 Å². The molecule has 3 rings (SSSR count). The molecule has 1 aromatic carbocycles. The first-order chi connectivity index (χ1) is 12.8. The maximum Gasteiger partial charge on any atom is 0.290 e. The molecule has 0 N–H and O–H groups in total. The maximum absolute atomic E-state index is 13.7. The number of nitrogens with zero attached hydrogens (tertiary/aromatic N) is 4. The van der Waals surface area contributed by atoms with Gasteiger partial charge in [0.1, 0.15) is 11.5 Å². The first-order valence-corrected chi connectivity index (χ1v) is 9.59. The molecule has 0 aliphatic carbocycles. The van der Waals surface area contributed by atoms with Crippen LogP contribution in [0.15, 0.2) is 23.0 Å². The van der Waals surface area contributed by atoms with Gasteiger partial charge in [-0.3, -0.25) is 4.79 Å². The SMILES string of the molecule is Cc1cc(-c2nn(CC(C)C)c(=O)c(N3CCN(C)CC3)c2C)ccc1F.Cl.Cl. The number of hydrogen-bond acceptors (Lipinski definition) is 4. The third-order valence-electron chi connectivity index (χ3n) is 5.16. The summed E-state index contributed by atoms with van der Waals surface area (Å²) in [7, 11) is 2.10. The summed E-state index contributed by atoms with van der Waals surface area (Å²) in [6.07, 6.45) is 0. The lowest BCUT2D eigenvalue weighted by Crippen LogP contribution is -2.47. The lowest BCUT2D eigenvalue weighted by molar-refractivity contribution is 0.312. The van der Waals surface area contributed by atoms with Crippen LogP contribution in [-0.4, -0.2) is 47.9 Å². The third-order valence-corrected chi connectivity index (χ3v) is 5.16. The van der Waals surface area contributed by atoms with Crippen LogP contribution in [0.4, 0.5) is 10.1 Å². The largest absolute Gasteiger partial charge is 0.364 e. The fourth-order valence-electron chi connectivity index (χ4n) is 3.57. The van der Waals surface area contributed by atoms with E-state index in [-0.39, 0.29) is 36.2 Å². The smallest absolute Gasteiger partial charge is 0.290 e. The molecule has 5 nitrogen and oxygen atoms in total. The van der Waals surface area contributed by atoms with Crippen LogP contribution < -0.4 is 10.5 Å². The quantitative estimate of drug-likeness (QED) is 0.716. The molecule has 162 valence electrons. The monoisotopic (exact) mass is 444 g/mol. The van der Waals surface area contributed by atoms with Crippen molar-refractivity contribution in [3.63, 3.8) is 0 Å². The van der Waals surface area contributed by atoms with Crippen molar-refractivity contribution in [1.29, 1.82) is 0 Å². The van der Waals surface area contributed by atoms with Crippen molar-refractivity contribution in [1.82, 2.24) is 14.7 Å². The molecular weight excluding hydrogens is 414 g/mol. The highest BCUT2D eigenvalue weighted by atomic mass is 35.5. The molecule has 1 aromatic heterocycles. The van der Waals surface area contributed by atoms with Gasteiger partial charge in [0.2, 0.25) is 0 Å². The highest BCUT2D eigenvalue weighted by molar-refractivity contribution is 5.85. The zero-order chi connectivity index (χ0) is 19.7. The predicted octanol–water partition coefficient (Wildman–Crippen LogP) is 3.92. The Morgan fingerprint density at radius 1 is 1.10 bits per heavy atom. The number of aromatic nitrogens is 2. The summed E-state index contributed by atoms with van der Waals surface area (Å²) >= 11 is 0. The van der Waals surface area contributed by atoms with E-state index < -0.39 is 0 Å². The standard InChI is InChI=1S/C21H29FN4O.2ClH/c1-14(2)13-26-21(27)20(25-10-8-24(5)9-11-25)16(4)19(23-26)17-6-7-18(22)15(3)12-17;;/h6-7,12,14H,8-11,13H2,1-5H3;2*1H. The van der Waals surface area contributed by atoms with Crippen LogP contribution in [0.5, 0.6) is 0 Å². The number of likely N-dealkylation sites (N-methyl/N-ethyl adjacent to an activating group) is 1. The van der Waals surface area contributed by atoms with Crippen molar-refractivity contribution in [2.45, 2.75) is 34.2 Å². The Labute approximate surface area is 184 Å². The molecule has 0 radical (unpaired) electrons. The molecule has 8 heteroatoms. The van der Waals surface area contributed by atoms with E-state index in [1.54, 1.807) is 17.7 Å². The van der Waals surface area contributed by atoms with E-state index in [0.29, 0.717) is 18.0 Å². The molecule has 1 aliphatic heterocycles. The summed E-state index contributed by atoms with van der Waals surface area (Å²) < 4.78 is 15.3. The maximum atomic E-state index is 13.7. The molecule has 1 fully saturated rings. The van der Waals surface area contributed by atoms with Crippen LogP contribution in [0.2, 0.25) is 0 Å². The number of rotatable bonds is 4. The normalized spacial score (nSPS) is 14.5. The van der Waals surface area contributed by atoms with Crippen molar-refractivity contribution < 1.29 is 4.39 Å². The molecule has 2 aromatic rings. The fraction of sp³-hybridized carbons (Fsp3) is 0.524. The lowest BCUT2D eigenvalue weighted by Gasteiger charge is -2.34. The Balaban J connectivity index is 0.00000210. The number of anilines is 1. The van der Waals surface area contributed by atoms with Crippen molar-refractivity contribution in [3.05, 3.63) is 45.5 Å². The van der Waals surface area contributed by atoms with Gasteiger partial charge in [-0.15, -0.1) is 24.8 Å². The van der Waals surface area contributed by atoms with E-state index in [9.17, 15) is 9.18 Å². The number of piperazine rings is 1. The lowest BCUT2D eigenvalue weighted by atomic mass is 10.0.